The number of rotatable bonds is 3. The molecular weight excluding hydrogens is 384 g/mol. The van der Waals surface area contributed by atoms with Crippen molar-refractivity contribution in [2.45, 2.75) is 65.6 Å². The lowest BCUT2D eigenvalue weighted by Crippen LogP contribution is -2.48. The van der Waals surface area contributed by atoms with Crippen LogP contribution in [0.2, 0.25) is 0 Å². The molecule has 0 aliphatic carbocycles. The van der Waals surface area contributed by atoms with Gasteiger partial charge in [0, 0.05) is 35.5 Å². The molecule has 1 aromatic rings. The van der Waals surface area contributed by atoms with Gasteiger partial charge in [-0.25, -0.2) is 9.78 Å². The number of hydrogen-bond acceptors (Lipinski definition) is 6. The minimum Gasteiger partial charge on any atom is -0.444 e. The Kier molecular flexibility index (Phi) is 5.62. The van der Waals surface area contributed by atoms with Gasteiger partial charge in [0.15, 0.2) is 5.78 Å². The Morgan fingerprint density at radius 2 is 2.03 bits per heavy atom. The first-order valence-electron chi connectivity index (χ1n) is 10.2. The van der Waals surface area contributed by atoms with E-state index in [1.165, 1.54) is 0 Å². The van der Waals surface area contributed by atoms with Crippen molar-refractivity contribution in [1.82, 2.24) is 15.6 Å². The number of nitrogens with zero attached hydrogens (tertiary/aromatic N) is 2. The molecule has 0 spiro atoms. The van der Waals surface area contributed by atoms with E-state index in [9.17, 15) is 14.4 Å². The van der Waals surface area contributed by atoms with Crippen LogP contribution >= 0.6 is 0 Å². The van der Waals surface area contributed by atoms with Crippen LogP contribution < -0.4 is 15.5 Å². The summed E-state index contributed by atoms with van der Waals surface area (Å²) in [6, 6.07) is 1.80. The van der Waals surface area contributed by atoms with Gasteiger partial charge in [0.25, 0.3) is 0 Å². The van der Waals surface area contributed by atoms with E-state index in [1.807, 2.05) is 0 Å². The van der Waals surface area contributed by atoms with Gasteiger partial charge >= 0.3 is 6.09 Å². The highest BCUT2D eigenvalue weighted by Gasteiger charge is 2.41. The van der Waals surface area contributed by atoms with Gasteiger partial charge in [-0.2, -0.15) is 0 Å². The monoisotopic (exact) mass is 414 g/mol. The molecular formula is C22H30N4O4. The van der Waals surface area contributed by atoms with Crippen LogP contribution in [-0.4, -0.2) is 41.0 Å². The molecule has 8 nitrogen and oxygen atoms in total. The van der Waals surface area contributed by atoms with Crippen molar-refractivity contribution in [3.63, 3.8) is 0 Å². The highest BCUT2D eigenvalue weighted by Crippen LogP contribution is 2.45. The quantitative estimate of drug-likeness (QED) is 0.789. The van der Waals surface area contributed by atoms with Crippen molar-refractivity contribution in [3.05, 3.63) is 35.7 Å². The Labute approximate surface area is 177 Å². The van der Waals surface area contributed by atoms with Crippen LogP contribution in [0.1, 0.15) is 59.6 Å². The molecule has 2 aliphatic heterocycles. The number of allylic oxidation sites excluding steroid dienone is 1. The number of fused-ring (bicyclic) bond motifs is 3. The van der Waals surface area contributed by atoms with E-state index in [0.717, 1.165) is 18.7 Å². The fourth-order valence-corrected chi connectivity index (χ4v) is 3.70. The number of amides is 2. The van der Waals surface area contributed by atoms with Gasteiger partial charge in [-0.05, 0) is 40.2 Å². The average Bonchev–Trinajstić information content (AvgIpc) is 2.85. The van der Waals surface area contributed by atoms with Crippen LogP contribution in [0.25, 0.3) is 0 Å². The molecule has 1 saturated heterocycles. The van der Waals surface area contributed by atoms with Crippen molar-refractivity contribution in [2.24, 2.45) is 5.41 Å². The highest BCUT2D eigenvalue weighted by molar-refractivity contribution is 6.01. The summed E-state index contributed by atoms with van der Waals surface area (Å²) >= 11 is 0. The summed E-state index contributed by atoms with van der Waals surface area (Å²) < 4.78 is 5.20. The molecule has 8 heteroatoms. The molecule has 2 N–H and O–H groups in total. The first-order valence-corrected chi connectivity index (χ1v) is 10.2. The Bertz CT molecular complexity index is 901. The molecule has 2 aliphatic rings. The molecule has 3 rings (SSSR count). The van der Waals surface area contributed by atoms with Crippen molar-refractivity contribution in [1.29, 1.82) is 0 Å². The number of ether oxygens (including phenoxy) is 1. The molecule has 0 bridgehead atoms. The standard InChI is InChI=1S/C22H30N4O4/c1-13(24-20(29)30-21(2,3)4)19(28)25-17-14-8-7-10-23-18(14)26-11-9-22(5,6)16(26)12-15(17)27/h7-8,10,12-13,17H,9,11H2,1-6H3,(H,24,29)(H,25,28)/t13-,17?/m0/s1. The lowest BCUT2D eigenvalue weighted by Gasteiger charge is -2.25. The number of alkyl carbamates (subject to hydrolysis) is 1. The minimum absolute atomic E-state index is 0.158. The van der Waals surface area contributed by atoms with Gasteiger partial charge in [0.1, 0.15) is 23.5 Å². The molecule has 0 radical (unpaired) electrons. The second-order valence-electron chi connectivity index (χ2n) is 9.44. The van der Waals surface area contributed by atoms with Crippen LogP contribution in [-0.2, 0) is 14.3 Å². The number of carbonyl (C=O) groups is 3. The maximum Gasteiger partial charge on any atom is 0.408 e. The summed E-state index contributed by atoms with van der Waals surface area (Å²) in [5.74, 6) is -0.0125. The SMILES string of the molecule is C[C@H](NC(=O)OC(C)(C)C)C(=O)NC1C(=O)C=C2N(CCC2(C)C)c2ncccc21. The number of ketones is 1. The maximum atomic E-state index is 13.1. The molecule has 3 heterocycles. The van der Waals surface area contributed by atoms with E-state index in [2.05, 4.69) is 34.4 Å². The van der Waals surface area contributed by atoms with Gasteiger partial charge in [-0.1, -0.05) is 19.9 Å². The van der Waals surface area contributed by atoms with Crippen molar-refractivity contribution < 1.29 is 19.1 Å². The summed E-state index contributed by atoms with van der Waals surface area (Å²) in [5, 5.41) is 5.29. The Balaban J connectivity index is 1.83. The second-order valence-corrected chi connectivity index (χ2v) is 9.44. The topological polar surface area (TPSA) is 101 Å². The van der Waals surface area contributed by atoms with Crippen LogP contribution in [0.5, 0.6) is 0 Å². The predicted molar refractivity (Wildman–Crippen MR) is 113 cm³/mol. The van der Waals surface area contributed by atoms with Crippen LogP contribution in [0.3, 0.4) is 0 Å². The molecule has 162 valence electrons. The van der Waals surface area contributed by atoms with E-state index < -0.39 is 29.7 Å². The normalized spacial score (nSPS) is 21.0. The van der Waals surface area contributed by atoms with Crippen molar-refractivity contribution >= 4 is 23.6 Å². The zero-order valence-electron chi connectivity index (χ0n) is 18.4. The van der Waals surface area contributed by atoms with Gasteiger partial charge in [-0.3, -0.25) is 9.59 Å². The molecule has 0 aromatic carbocycles. The third-order valence-electron chi connectivity index (χ3n) is 5.30. The number of anilines is 1. The number of pyridine rings is 1. The van der Waals surface area contributed by atoms with E-state index in [-0.39, 0.29) is 11.2 Å². The molecule has 1 unspecified atom stereocenters. The molecule has 1 aromatic heterocycles. The fraction of sp³-hybridized carbons (Fsp3) is 0.545. The van der Waals surface area contributed by atoms with Gasteiger partial charge in [-0.15, -0.1) is 0 Å². The van der Waals surface area contributed by atoms with Crippen molar-refractivity contribution in [3.8, 4) is 0 Å². The summed E-state index contributed by atoms with van der Waals surface area (Å²) in [7, 11) is 0. The predicted octanol–water partition coefficient (Wildman–Crippen LogP) is 2.86. The smallest absolute Gasteiger partial charge is 0.408 e. The summed E-state index contributed by atoms with van der Waals surface area (Å²) in [4.78, 5) is 44.4. The summed E-state index contributed by atoms with van der Waals surface area (Å²) in [5.41, 5.74) is 0.718. The minimum atomic E-state index is -0.877. The third-order valence-corrected chi connectivity index (χ3v) is 5.30. The van der Waals surface area contributed by atoms with E-state index in [1.54, 1.807) is 52.1 Å². The number of aromatic nitrogens is 1. The Morgan fingerprint density at radius 3 is 2.70 bits per heavy atom. The van der Waals surface area contributed by atoms with E-state index in [4.69, 9.17) is 4.74 Å². The molecule has 1 fully saturated rings. The first-order chi connectivity index (χ1) is 13.9. The average molecular weight is 415 g/mol. The Morgan fingerprint density at radius 1 is 1.33 bits per heavy atom. The maximum absolute atomic E-state index is 13.1. The van der Waals surface area contributed by atoms with Crippen LogP contribution in [0.4, 0.5) is 10.6 Å². The molecule has 0 saturated carbocycles. The Hall–Kier alpha value is -2.90. The van der Waals surface area contributed by atoms with Gasteiger partial charge in [0.05, 0.1) is 0 Å². The first kappa shape index (κ1) is 21.8. The highest BCUT2D eigenvalue weighted by atomic mass is 16.6. The van der Waals surface area contributed by atoms with Gasteiger partial charge < -0.3 is 20.3 Å². The number of carbonyl (C=O) groups excluding carboxylic acids is 3. The summed E-state index contributed by atoms with van der Waals surface area (Å²) in [6.45, 7) is 11.7. The van der Waals surface area contributed by atoms with E-state index in [0.29, 0.717) is 11.4 Å². The zero-order valence-corrected chi connectivity index (χ0v) is 18.4. The number of nitrogens with one attached hydrogen (secondary N) is 2. The molecule has 2 amide bonds. The fourth-order valence-electron chi connectivity index (χ4n) is 3.70. The summed E-state index contributed by atoms with van der Waals surface area (Å²) in [6.07, 6.45) is 3.52. The van der Waals surface area contributed by atoms with Crippen molar-refractivity contribution in [2.75, 3.05) is 11.4 Å². The van der Waals surface area contributed by atoms with E-state index >= 15 is 0 Å². The van der Waals surface area contributed by atoms with Crippen LogP contribution in [0, 0.1) is 5.41 Å². The zero-order chi connectivity index (χ0) is 22.3. The lowest BCUT2D eigenvalue weighted by atomic mass is 9.88. The molecule has 2 atom stereocenters. The largest absolute Gasteiger partial charge is 0.444 e. The number of hydrogen-bond donors (Lipinski definition) is 2. The molecule has 30 heavy (non-hydrogen) atoms. The van der Waals surface area contributed by atoms with Gasteiger partial charge in [0.2, 0.25) is 5.91 Å². The second kappa shape index (κ2) is 7.74. The van der Waals surface area contributed by atoms with Crippen LogP contribution in [0.15, 0.2) is 30.1 Å². The third kappa shape index (κ3) is 4.47. The lowest BCUT2D eigenvalue weighted by molar-refractivity contribution is -0.127.